The molecule has 0 bridgehead atoms. The third-order valence-corrected chi connectivity index (χ3v) is 3.19. The molecule has 0 amide bonds. The molecule has 0 aliphatic carbocycles. The van der Waals surface area contributed by atoms with Crippen LogP contribution in [-0.2, 0) is 4.79 Å². The smallest absolute Gasteiger partial charge is 0.311 e. The number of benzene rings is 1. The Balaban J connectivity index is 2.54. The molecule has 0 fully saturated rings. The summed E-state index contributed by atoms with van der Waals surface area (Å²) in [6, 6.07) is 7.25. The third-order valence-electron chi connectivity index (χ3n) is 2.96. The molecule has 3 nitrogen and oxygen atoms in total. The summed E-state index contributed by atoms with van der Waals surface area (Å²) in [5.41, 5.74) is 1.53. The minimum atomic E-state index is -0.826. The van der Waals surface area contributed by atoms with Crippen molar-refractivity contribution in [3.8, 4) is 0 Å². The van der Waals surface area contributed by atoms with E-state index in [4.69, 9.17) is 11.6 Å². The number of nitrogens with zero attached hydrogens (tertiary/aromatic N) is 1. The predicted octanol–water partition coefficient (Wildman–Crippen LogP) is 3.71. The van der Waals surface area contributed by atoms with Gasteiger partial charge in [0.25, 0.3) is 0 Å². The van der Waals surface area contributed by atoms with E-state index in [0.29, 0.717) is 10.6 Å². The maximum Gasteiger partial charge on any atom is 0.311 e. The van der Waals surface area contributed by atoms with Crippen molar-refractivity contribution in [2.75, 3.05) is 0 Å². The van der Waals surface area contributed by atoms with Gasteiger partial charge in [-0.25, -0.2) is 0 Å². The lowest BCUT2D eigenvalue weighted by Gasteiger charge is -2.16. The number of carbonyl (C=O) groups is 1. The lowest BCUT2D eigenvalue weighted by atomic mass is 9.89. The number of carboxylic acids is 1. The van der Waals surface area contributed by atoms with Crippen LogP contribution in [0, 0.1) is 5.92 Å². The van der Waals surface area contributed by atoms with Crippen LogP contribution in [0.5, 0.6) is 0 Å². The maximum atomic E-state index is 11.3. The molecule has 0 saturated carbocycles. The minimum Gasteiger partial charge on any atom is -0.481 e. The molecule has 1 heterocycles. The fourth-order valence-electron chi connectivity index (χ4n) is 2.10. The zero-order valence-electron chi connectivity index (χ0n) is 10.2. The number of halogens is 1. The van der Waals surface area contributed by atoms with Gasteiger partial charge in [-0.15, -0.1) is 0 Å². The summed E-state index contributed by atoms with van der Waals surface area (Å²) >= 11 is 5.93. The molecule has 1 aromatic carbocycles. The molecule has 0 aliphatic heterocycles. The number of rotatable bonds is 3. The van der Waals surface area contributed by atoms with Crippen molar-refractivity contribution in [2.45, 2.75) is 19.8 Å². The first-order valence-corrected chi connectivity index (χ1v) is 6.15. The van der Waals surface area contributed by atoms with Gasteiger partial charge in [-0.05, 0) is 35.7 Å². The normalized spacial score (nSPS) is 12.9. The summed E-state index contributed by atoms with van der Waals surface area (Å²) in [4.78, 5) is 15.6. The Bertz CT molecular complexity index is 595. The molecule has 0 radical (unpaired) electrons. The maximum absolute atomic E-state index is 11.3. The van der Waals surface area contributed by atoms with Crippen LogP contribution in [0.3, 0.4) is 0 Å². The van der Waals surface area contributed by atoms with Gasteiger partial charge in [-0.2, -0.15) is 0 Å². The minimum absolute atomic E-state index is 0.0148. The number of aliphatic carboxylic acids is 1. The Kier molecular flexibility index (Phi) is 3.53. The zero-order valence-corrected chi connectivity index (χ0v) is 11.0. The largest absolute Gasteiger partial charge is 0.481 e. The summed E-state index contributed by atoms with van der Waals surface area (Å²) in [6.07, 6.45) is 1.63. The molecular formula is C14H14ClNO2. The van der Waals surface area contributed by atoms with E-state index >= 15 is 0 Å². The molecule has 0 aliphatic rings. The number of fused-ring (bicyclic) bond motifs is 1. The Labute approximate surface area is 110 Å². The van der Waals surface area contributed by atoms with Gasteiger partial charge in [0.1, 0.15) is 0 Å². The van der Waals surface area contributed by atoms with Gasteiger partial charge in [0.15, 0.2) is 0 Å². The van der Waals surface area contributed by atoms with Crippen LogP contribution in [0.15, 0.2) is 30.5 Å². The summed E-state index contributed by atoms with van der Waals surface area (Å²) in [5, 5.41) is 10.8. The molecule has 1 aromatic heterocycles. The standard InChI is InChI=1S/C14H14ClNO2/c1-8(2)13(14(17)18)10-5-9-6-11(15)3-4-12(9)16-7-10/h3-8,13H,1-2H3,(H,17,18). The average molecular weight is 264 g/mol. The fourth-order valence-corrected chi connectivity index (χ4v) is 2.28. The Hall–Kier alpha value is -1.61. The third kappa shape index (κ3) is 2.46. The average Bonchev–Trinajstić information content (AvgIpc) is 2.27. The Morgan fingerprint density at radius 1 is 1.33 bits per heavy atom. The summed E-state index contributed by atoms with van der Waals surface area (Å²) in [6.45, 7) is 3.78. The molecule has 0 saturated heterocycles. The molecule has 0 spiro atoms. The van der Waals surface area contributed by atoms with Gasteiger partial charge < -0.3 is 5.11 Å². The first-order valence-electron chi connectivity index (χ1n) is 5.77. The van der Waals surface area contributed by atoms with Gasteiger partial charge in [-0.1, -0.05) is 25.4 Å². The van der Waals surface area contributed by atoms with E-state index in [1.165, 1.54) is 0 Å². The van der Waals surface area contributed by atoms with Gasteiger partial charge in [0, 0.05) is 16.6 Å². The first kappa shape index (κ1) is 12.8. The van der Waals surface area contributed by atoms with E-state index in [-0.39, 0.29) is 5.92 Å². The molecule has 94 valence electrons. The van der Waals surface area contributed by atoms with Crippen molar-refractivity contribution in [3.63, 3.8) is 0 Å². The molecule has 1 unspecified atom stereocenters. The van der Waals surface area contributed by atoms with Gasteiger partial charge in [0.2, 0.25) is 0 Å². The van der Waals surface area contributed by atoms with E-state index in [2.05, 4.69) is 4.98 Å². The Morgan fingerprint density at radius 2 is 2.06 bits per heavy atom. The summed E-state index contributed by atoms with van der Waals surface area (Å²) in [5.74, 6) is -1.35. The van der Waals surface area contributed by atoms with Crippen molar-refractivity contribution in [3.05, 3.63) is 41.0 Å². The van der Waals surface area contributed by atoms with E-state index in [1.54, 1.807) is 18.3 Å². The Morgan fingerprint density at radius 3 is 2.67 bits per heavy atom. The highest BCUT2D eigenvalue weighted by Crippen LogP contribution is 2.27. The molecule has 4 heteroatoms. The van der Waals surface area contributed by atoms with Crippen LogP contribution in [0.25, 0.3) is 10.9 Å². The second-order valence-corrected chi connectivity index (χ2v) is 5.10. The molecular weight excluding hydrogens is 250 g/mol. The van der Waals surface area contributed by atoms with Crippen LogP contribution in [0.4, 0.5) is 0 Å². The van der Waals surface area contributed by atoms with Crippen LogP contribution in [0.2, 0.25) is 5.02 Å². The monoisotopic (exact) mass is 263 g/mol. The van der Waals surface area contributed by atoms with E-state index in [0.717, 1.165) is 10.9 Å². The van der Waals surface area contributed by atoms with Crippen molar-refractivity contribution in [1.82, 2.24) is 4.98 Å². The number of hydrogen-bond acceptors (Lipinski definition) is 2. The zero-order chi connectivity index (χ0) is 13.3. The van der Waals surface area contributed by atoms with E-state index in [1.807, 2.05) is 26.0 Å². The molecule has 1 atom stereocenters. The van der Waals surface area contributed by atoms with Gasteiger partial charge in [-0.3, -0.25) is 9.78 Å². The molecule has 2 aromatic rings. The van der Waals surface area contributed by atoms with E-state index < -0.39 is 11.9 Å². The molecule has 1 N–H and O–H groups in total. The van der Waals surface area contributed by atoms with Crippen molar-refractivity contribution in [1.29, 1.82) is 0 Å². The SMILES string of the molecule is CC(C)C(C(=O)O)c1cnc2ccc(Cl)cc2c1. The topological polar surface area (TPSA) is 50.2 Å². The van der Waals surface area contributed by atoms with Crippen LogP contribution < -0.4 is 0 Å². The van der Waals surface area contributed by atoms with E-state index in [9.17, 15) is 9.90 Å². The van der Waals surface area contributed by atoms with Crippen molar-refractivity contribution >= 4 is 28.5 Å². The van der Waals surface area contributed by atoms with Crippen LogP contribution in [0.1, 0.15) is 25.3 Å². The summed E-state index contributed by atoms with van der Waals surface area (Å²) in [7, 11) is 0. The van der Waals surface area contributed by atoms with Gasteiger partial charge >= 0.3 is 5.97 Å². The fraction of sp³-hybridized carbons (Fsp3) is 0.286. The number of pyridine rings is 1. The highest BCUT2D eigenvalue weighted by atomic mass is 35.5. The quantitative estimate of drug-likeness (QED) is 0.918. The highest BCUT2D eigenvalue weighted by molar-refractivity contribution is 6.31. The van der Waals surface area contributed by atoms with Crippen molar-refractivity contribution in [2.24, 2.45) is 5.92 Å². The number of hydrogen-bond donors (Lipinski definition) is 1. The van der Waals surface area contributed by atoms with Crippen LogP contribution >= 0.6 is 11.6 Å². The second-order valence-electron chi connectivity index (χ2n) is 4.67. The lowest BCUT2D eigenvalue weighted by Crippen LogP contribution is -2.17. The number of aromatic nitrogens is 1. The van der Waals surface area contributed by atoms with Crippen molar-refractivity contribution < 1.29 is 9.90 Å². The second kappa shape index (κ2) is 4.94. The first-order chi connectivity index (χ1) is 8.49. The van der Waals surface area contributed by atoms with Crippen LogP contribution in [-0.4, -0.2) is 16.1 Å². The lowest BCUT2D eigenvalue weighted by molar-refractivity contribution is -0.139. The summed E-state index contributed by atoms with van der Waals surface area (Å²) < 4.78 is 0. The highest BCUT2D eigenvalue weighted by Gasteiger charge is 2.24. The number of carboxylic acid groups (broad SMARTS) is 1. The molecule has 18 heavy (non-hydrogen) atoms. The van der Waals surface area contributed by atoms with Gasteiger partial charge in [0.05, 0.1) is 11.4 Å². The predicted molar refractivity (Wildman–Crippen MR) is 72.0 cm³/mol. The molecule has 2 rings (SSSR count).